The average Bonchev–Trinajstić information content (AvgIpc) is 2.56. The van der Waals surface area contributed by atoms with Crippen molar-refractivity contribution in [1.29, 1.82) is 0 Å². The first-order valence-corrected chi connectivity index (χ1v) is 5.69. The minimum atomic E-state index is -0.625. The summed E-state index contributed by atoms with van der Waals surface area (Å²) in [5.74, 6) is -1.18. The first kappa shape index (κ1) is 12.3. The molecule has 1 fully saturated rings. The monoisotopic (exact) mass is 251 g/mol. The van der Waals surface area contributed by atoms with Gasteiger partial charge in [0.15, 0.2) is 0 Å². The number of anilines is 1. The molecule has 1 heterocycles. The van der Waals surface area contributed by atoms with E-state index in [1.54, 1.807) is 0 Å². The first-order valence-electron chi connectivity index (χ1n) is 5.69. The third-order valence-corrected chi connectivity index (χ3v) is 2.80. The fourth-order valence-corrected chi connectivity index (χ4v) is 1.82. The highest BCUT2D eigenvalue weighted by molar-refractivity contribution is 5.97. The Kier molecular flexibility index (Phi) is 3.45. The molecular formula is C12H14FN3O2. The summed E-state index contributed by atoms with van der Waals surface area (Å²) in [5.41, 5.74) is 5.56. The third-order valence-electron chi connectivity index (χ3n) is 2.80. The summed E-state index contributed by atoms with van der Waals surface area (Å²) in [4.78, 5) is 24.9. The Bertz CT molecular complexity index is 490. The highest BCUT2D eigenvalue weighted by Gasteiger charge is 2.21. The second kappa shape index (κ2) is 5.03. The summed E-state index contributed by atoms with van der Waals surface area (Å²) in [6, 6.07) is 3.91. The lowest BCUT2D eigenvalue weighted by molar-refractivity contribution is -0.121. The van der Waals surface area contributed by atoms with E-state index in [9.17, 15) is 14.0 Å². The minimum absolute atomic E-state index is 0.000148. The summed E-state index contributed by atoms with van der Waals surface area (Å²) >= 11 is 0. The van der Waals surface area contributed by atoms with Gasteiger partial charge in [-0.25, -0.2) is 4.39 Å². The Labute approximate surface area is 104 Å². The Hall–Kier alpha value is -2.11. The Morgan fingerprint density at radius 2 is 2.22 bits per heavy atom. The second-order valence-corrected chi connectivity index (χ2v) is 4.17. The van der Waals surface area contributed by atoms with Gasteiger partial charge in [-0.3, -0.25) is 9.59 Å². The van der Waals surface area contributed by atoms with Gasteiger partial charge in [0.1, 0.15) is 5.82 Å². The molecule has 0 saturated carbocycles. The Morgan fingerprint density at radius 1 is 1.44 bits per heavy atom. The minimum Gasteiger partial charge on any atom is -0.396 e. The molecule has 6 heteroatoms. The van der Waals surface area contributed by atoms with E-state index in [0.29, 0.717) is 19.5 Å². The van der Waals surface area contributed by atoms with Crippen LogP contribution >= 0.6 is 0 Å². The molecule has 0 unspecified atom stereocenters. The molecule has 96 valence electrons. The largest absolute Gasteiger partial charge is 0.396 e. The highest BCUT2D eigenvalue weighted by atomic mass is 19.1. The van der Waals surface area contributed by atoms with Crippen LogP contribution in [-0.4, -0.2) is 36.3 Å². The molecule has 1 aliphatic heterocycles. The number of halogens is 1. The standard InChI is InChI=1S/C12H14FN3O2/c13-9-6-8(2-3-10(9)14)12(18)16-5-1-4-15-11(17)7-16/h2-3,6H,1,4-5,7,14H2,(H,15,17). The van der Waals surface area contributed by atoms with E-state index in [1.807, 2.05) is 0 Å². The van der Waals surface area contributed by atoms with Gasteiger partial charge in [-0.1, -0.05) is 0 Å². The number of carbonyl (C=O) groups is 2. The molecule has 2 amide bonds. The highest BCUT2D eigenvalue weighted by Crippen LogP contribution is 2.14. The van der Waals surface area contributed by atoms with Crippen molar-refractivity contribution in [2.75, 3.05) is 25.4 Å². The predicted molar refractivity (Wildman–Crippen MR) is 64.3 cm³/mol. The molecule has 0 spiro atoms. The summed E-state index contributed by atoms with van der Waals surface area (Å²) in [6.07, 6.45) is 0.689. The van der Waals surface area contributed by atoms with Crippen molar-refractivity contribution >= 4 is 17.5 Å². The zero-order valence-corrected chi connectivity index (χ0v) is 9.78. The number of benzene rings is 1. The molecule has 0 atom stereocenters. The van der Waals surface area contributed by atoms with Gasteiger partial charge in [0, 0.05) is 18.7 Å². The molecule has 0 radical (unpaired) electrons. The van der Waals surface area contributed by atoms with Crippen LogP contribution in [-0.2, 0) is 4.79 Å². The number of hydrogen-bond donors (Lipinski definition) is 2. The van der Waals surface area contributed by atoms with E-state index >= 15 is 0 Å². The molecule has 3 N–H and O–H groups in total. The zero-order valence-electron chi connectivity index (χ0n) is 9.78. The number of nitrogens with two attached hydrogens (primary N) is 1. The maximum Gasteiger partial charge on any atom is 0.254 e. The van der Waals surface area contributed by atoms with Crippen molar-refractivity contribution in [2.45, 2.75) is 6.42 Å². The smallest absolute Gasteiger partial charge is 0.254 e. The number of amides is 2. The fourth-order valence-electron chi connectivity index (χ4n) is 1.82. The lowest BCUT2D eigenvalue weighted by atomic mass is 10.1. The molecule has 1 saturated heterocycles. The number of carbonyl (C=O) groups excluding carboxylic acids is 2. The van der Waals surface area contributed by atoms with Crippen LogP contribution in [0, 0.1) is 5.82 Å². The molecule has 0 aromatic heterocycles. The van der Waals surface area contributed by atoms with Gasteiger partial charge in [0.2, 0.25) is 5.91 Å². The maximum atomic E-state index is 13.3. The number of nitrogens with one attached hydrogen (secondary N) is 1. The van der Waals surface area contributed by atoms with Crippen molar-refractivity contribution < 1.29 is 14.0 Å². The maximum absolute atomic E-state index is 13.3. The van der Waals surface area contributed by atoms with Gasteiger partial charge in [0.25, 0.3) is 5.91 Å². The Balaban J connectivity index is 2.19. The molecule has 1 aromatic carbocycles. The summed E-state index contributed by atoms with van der Waals surface area (Å²) < 4.78 is 13.3. The van der Waals surface area contributed by atoms with Gasteiger partial charge in [-0.2, -0.15) is 0 Å². The fraction of sp³-hybridized carbons (Fsp3) is 0.333. The van der Waals surface area contributed by atoms with Crippen molar-refractivity contribution in [1.82, 2.24) is 10.2 Å². The van der Waals surface area contributed by atoms with E-state index in [2.05, 4.69) is 5.32 Å². The van der Waals surface area contributed by atoms with E-state index in [4.69, 9.17) is 5.73 Å². The van der Waals surface area contributed by atoms with E-state index in [-0.39, 0.29) is 29.6 Å². The van der Waals surface area contributed by atoms with Crippen LogP contribution in [0.5, 0.6) is 0 Å². The van der Waals surface area contributed by atoms with Crippen molar-refractivity contribution in [2.24, 2.45) is 0 Å². The summed E-state index contributed by atoms with van der Waals surface area (Å²) in [7, 11) is 0. The molecule has 1 aromatic rings. The van der Waals surface area contributed by atoms with Crippen LogP contribution in [0.2, 0.25) is 0 Å². The molecular weight excluding hydrogens is 237 g/mol. The Morgan fingerprint density at radius 3 is 2.94 bits per heavy atom. The number of hydrogen-bond acceptors (Lipinski definition) is 3. The summed E-state index contributed by atoms with van der Waals surface area (Å²) in [6.45, 7) is 1.03. The lowest BCUT2D eigenvalue weighted by Crippen LogP contribution is -2.37. The van der Waals surface area contributed by atoms with Crippen LogP contribution in [0.15, 0.2) is 18.2 Å². The lowest BCUT2D eigenvalue weighted by Gasteiger charge is -2.19. The number of nitrogens with zero attached hydrogens (tertiary/aromatic N) is 1. The van der Waals surface area contributed by atoms with Gasteiger partial charge < -0.3 is 16.0 Å². The van der Waals surface area contributed by atoms with Gasteiger partial charge in [-0.15, -0.1) is 0 Å². The number of nitrogen functional groups attached to an aromatic ring is 1. The zero-order chi connectivity index (χ0) is 13.1. The van der Waals surface area contributed by atoms with Crippen LogP contribution in [0.25, 0.3) is 0 Å². The molecule has 5 nitrogen and oxygen atoms in total. The topological polar surface area (TPSA) is 75.4 Å². The quantitative estimate of drug-likeness (QED) is 0.708. The first-order chi connectivity index (χ1) is 8.58. The molecule has 18 heavy (non-hydrogen) atoms. The average molecular weight is 251 g/mol. The van der Waals surface area contributed by atoms with Gasteiger partial charge in [-0.05, 0) is 24.6 Å². The van der Waals surface area contributed by atoms with Crippen LogP contribution in [0.4, 0.5) is 10.1 Å². The normalized spacial score (nSPS) is 16.1. The summed E-state index contributed by atoms with van der Waals surface area (Å²) in [5, 5.41) is 2.67. The van der Waals surface area contributed by atoms with E-state index in [0.717, 1.165) is 6.07 Å². The van der Waals surface area contributed by atoms with Crippen LogP contribution in [0.1, 0.15) is 16.8 Å². The van der Waals surface area contributed by atoms with E-state index < -0.39 is 5.82 Å². The van der Waals surface area contributed by atoms with Crippen molar-refractivity contribution in [3.63, 3.8) is 0 Å². The van der Waals surface area contributed by atoms with Crippen LogP contribution < -0.4 is 11.1 Å². The molecule has 2 rings (SSSR count). The SMILES string of the molecule is Nc1ccc(C(=O)N2CCCNC(=O)C2)cc1F. The third kappa shape index (κ3) is 2.58. The predicted octanol–water partition coefficient (Wildman–Crippen LogP) is 0.370. The van der Waals surface area contributed by atoms with Crippen LogP contribution in [0.3, 0.4) is 0 Å². The van der Waals surface area contributed by atoms with Crippen molar-refractivity contribution in [3.8, 4) is 0 Å². The van der Waals surface area contributed by atoms with Crippen molar-refractivity contribution in [3.05, 3.63) is 29.6 Å². The molecule has 0 bridgehead atoms. The number of rotatable bonds is 1. The molecule has 1 aliphatic rings. The van der Waals surface area contributed by atoms with Gasteiger partial charge in [0.05, 0.1) is 12.2 Å². The molecule has 0 aliphatic carbocycles. The second-order valence-electron chi connectivity index (χ2n) is 4.17. The van der Waals surface area contributed by atoms with E-state index in [1.165, 1.54) is 17.0 Å². The van der Waals surface area contributed by atoms with Gasteiger partial charge >= 0.3 is 0 Å².